The van der Waals surface area contributed by atoms with Gasteiger partial charge in [0.1, 0.15) is 0 Å². The van der Waals surface area contributed by atoms with Crippen molar-refractivity contribution in [3.8, 4) is 22.8 Å². The third kappa shape index (κ3) is 4.57. The van der Waals surface area contributed by atoms with Crippen molar-refractivity contribution in [1.82, 2.24) is 14.3 Å². The maximum atomic E-state index is 13.6. The molecular weight excluding hydrogens is 410 g/mol. The van der Waals surface area contributed by atoms with Gasteiger partial charge in [-0.25, -0.2) is 8.42 Å². The van der Waals surface area contributed by atoms with Crippen LogP contribution in [0.25, 0.3) is 22.8 Å². The molecule has 0 radical (unpaired) electrons. The van der Waals surface area contributed by atoms with E-state index in [-0.39, 0.29) is 16.7 Å². The highest BCUT2D eigenvalue weighted by Gasteiger charge is 2.32. The summed E-state index contributed by atoms with van der Waals surface area (Å²) in [6.07, 6.45) is 2.22. The van der Waals surface area contributed by atoms with E-state index < -0.39 is 10.0 Å². The number of hydrogen-bond donors (Lipinski definition) is 0. The number of benzene rings is 2. The third-order valence-electron chi connectivity index (χ3n) is 4.93. The number of pyridine rings is 1. The zero-order valence-electron chi connectivity index (χ0n) is 17.2. The van der Waals surface area contributed by atoms with Crippen molar-refractivity contribution >= 4 is 10.0 Å². The Morgan fingerprint density at radius 2 is 1.52 bits per heavy atom. The first-order valence-corrected chi connectivity index (χ1v) is 11.6. The van der Waals surface area contributed by atoms with Crippen LogP contribution in [0.5, 0.6) is 0 Å². The van der Waals surface area contributed by atoms with Crippen LogP contribution in [0.3, 0.4) is 0 Å². The standard InChI is InChI=1S/C24H23N3O3S/c1-2-27(18-16-21-15-9-10-17-25-21)31(28,29)24-22(19-11-5-3-6-12-19)30-23(26-24)20-13-7-4-8-14-20/h3-15,17H,2,16,18H2,1H3. The first kappa shape index (κ1) is 21.0. The quantitative estimate of drug-likeness (QED) is 0.404. The van der Waals surface area contributed by atoms with Gasteiger partial charge in [0.2, 0.25) is 10.9 Å². The average Bonchev–Trinajstić information content (AvgIpc) is 3.28. The summed E-state index contributed by atoms with van der Waals surface area (Å²) >= 11 is 0. The molecule has 0 aliphatic carbocycles. The number of oxazole rings is 1. The molecular formula is C24H23N3O3S. The summed E-state index contributed by atoms with van der Waals surface area (Å²) < 4.78 is 34.6. The van der Waals surface area contributed by atoms with Crippen LogP contribution in [0.1, 0.15) is 12.6 Å². The summed E-state index contributed by atoms with van der Waals surface area (Å²) in [5.41, 5.74) is 2.22. The molecule has 31 heavy (non-hydrogen) atoms. The minimum absolute atomic E-state index is 0.0691. The fourth-order valence-electron chi connectivity index (χ4n) is 3.31. The highest BCUT2D eigenvalue weighted by Crippen LogP contribution is 2.33. The highest BCUT2D eigenvalue weighted by atomic mass is 32.2. The molecule has 4 aromatic rings. The molecule has 4 rings (SSSR count). The summed E-state index contributed by atoms with van der Waals surface area (Å²) in [5.74, 6) is 0.523. The lowest BCUT2D eigenvalue weighted by atomic mass is 10.2. The Balaban J connectivity index is 1.74. The Hall–Kier alpha value is -3.29. The molecule has 0 amide bonds. The molecule has 0 spiro atoms. The van der Waals surface area contributed by atoms with Gasteiger partial charge in [0.05, 0.1) is 0 Å². The van der Waals surface area contributed by atoms with Crippen LogP contribution in [0, 0.1) is 0 Å². The fraction of sp³-hybridized carbons (Fsp3) is 0.167. The molecule has 158 valence electrons. The SMILES string of the molecule is CCN(CCc1ccccn1)S(=O)(=O)c1nc(-c2ccccc2)oc1-c1ccccc1. The second kappa shape index (κ2) is 9.24. The number of sulfonamides is 1. The van der Waals surface area contributed by atoms with Gasteiger partial charge in [0, 0.05) is 42.5 Å². The molecule has 0 atom stereocenters. The minimum atomic E-state index is -3.89. The van der Waals surface area contributed by atoms with Crippen molar-refractivity contribution in [2.24, 2.45) is 0 Å². The van der Waals surface area contributed by atoms with Crippen LogP contribution in [0.15, 0.2) is 94.5 Å². The van der Waals surface area contributed by atoms with Crippen molar-refractivity contribution in [2.75, 3.05) is 13.1 Å². The van der Waals surface area contributed by atoms with E-state index >= 15 is 0 Å². The van der Waals surface area contributed by atoms with E-state index in [1.165, 1.54) is 4.31 Å². The molecule has 0 unspecified atom stereocenters. The number of hydrogen-bond acceptors (Lipinski definition) is 5. The lowest BCUT2D eigenvalue weighted by molar-refractivity contribution is 0.427. The Labute approximate surface area is 182 Å². The van der Waals surface area contributed by atoms with E-state index in [0.29, 0.717) is 25.1 Å². The monoisotopic (exact) mass is 433 g/mol. The van der Waals surface area contributed by atoms with Crippen molar-refractivity contribution in [2.45, 2.75) is 18.4 Å². The minimum Gasteiger partial charge on any atom is -0.435 e. The third-order valence-corrected chi connectivity index (χ3v) is 6.82. The summed E-state index contributed by atoms with van der Waals surface area (Å²) in [7, 11) is -3.89. The van der Waals surface area contributed by atoms with Gasteiger partial charge in [-0.3, -0.25) is 4.98 Å². The second-order valence-electron chi connectivity index (χ2n) is 6.95. The molecule has 6 nitrogen and oxygen atoms in total. The first-order chi connectivity index (χ1) is 15.1. The maximum Gasteiger partial charge on any atom is 0.264 e. The lowest BCUT2D eigenvalue weighted by Gasteiger charge is -2.19. The molecule has 0 fully saturated rings. The van der Waals surface area contributed by atoms with Gasteiger partial charge in [0.25, 0.3) is 10.0 Å². The van der Waals surface area contributed by atoms with E-state index in [0.717, 1.165) is 11.3 Å². The molecule has 0 aliphatic heterocycles. The lowest BCUT2D eigenvalue weighted by Crippen LogP contribution is -2.33. The molecule has 2 aromatic carbocycles. The van der Waals surface area contributed by atoms with E-state index in [2.05, 4.69) is 9.97 Å². The summed E-state index contributed by atoms with van der Waals surface area (Å²) in [5, 5.41) is -0.0691. The van der Waals surface area contributed by atoms with E-state index in [1.54, 1.807) is 6.20 Å². The Morgan fingerprint density at radius 1 is 0.871 bits per heavy atom. The zero-order valence-corrected chi connectivity index (χ0v) is 18.0. The van der Waals surface area contributed by atoms with Crippen molar-refractivity contribution in [1.29, 1.82) is 0 Å². The second-order valence-corrected chi connectivity index (χ2v) is 8.81. The fourth-order valence-corrected chi connectivity index (χ4v) is 4.82. The van der Waals surface area contributed by atoms with E-state index in [4.69, 9.17) is 4.42 Å². The van der Waals surface area contributed by atoms with Crippen molar-refractivity contribution in [3.05, 3.63) is 90.8 Å². The molecule has 0 N–H and O–H groups in total. The Kier molecular flexibility index (Phi) is 6.25. The van der Waals surface area contributed by atoms with Crippen LogP contribution >= 0.6 is 0 Å². The van der Waals surface area contributed by atoms with Crippen molar-refractivity contribution in [3.63, 3.8) is 0 Å². The largest absolute Gasteiger partial charge is 0.435 e. The molecule has 0 saturated heterocycles. The topological polar surface area (TPSA) is 76.3 Å². The molecule has 0 aliphatic rings. The van der Waals surface area contributed by atoms with Gasteiger partial charge < -0.3 is 4.42 Å². The molecule has 0 bridgehead atoms. The van der Waals surface area contributed by atoms with Crippen molar-refractivity contribution < 1.29 is 12.8 Å². The van der Waals surface area contributed by atoms with Gasteiger partial charge in [-0.1, -0.05) is 61.5 Å². The number of aromatic nitrogens is 2. The smallest absolute Gasteiger partial charge is 0.264 e. The molecule has 2 heterocycles. The average molecular weight is 434 g/mol. The summed E-state index contributed by atoms with van der Waals surface area (Å²) in [6.45, 7) is 2.44. The highest BCUT2D eigenvalue weighted by molar-refractivity contribution is 7.89. The normalized spacial score (nSPS) is 11.7. The van der Waals surface area contributed by atoms with Gasteiger partial charge in [0.15, 0.2) is 5.76 Å². The van der Waals surface area contributed by atoms with Gasteiger partial charge in [-0.05, 0) is 24.3 Å². The Bertz CT molecular complexity index is 1230. The van der Waals surface area contributed by atoms with Crippen LogP contribution in [0.4, 0.5) is 0 Å². The predicted octanol–water partition coefficient (Wildman–Crippen LogP) is 4.66. The summed E-state index contributed by atoms with van der Waals surface area (Å²) in [6, 6.07) is 24.1. The van der Waals surface area contributed by atoms with Gasteiger partial charge in [-0.2, -0.15) is 9.29 Å². The molecule has 0 saturated carbocycles. The first-order valence-electron chi connectivity index (χ1n) is 10.1. The van der Waals surface area contributed by atoms with Crippen LogP contribution in [-0.2, 0) is 16.4 Å². The van der Waals surface area contributed by atoms with Crippen LogP contribution in [-0.4, -0.2) is 35.8 Å². The van der Waals surface area contributed by atoms with Gasteiger partial charge in [-0.15, -0.1) is 0 Å². The predicted molar refractivity (Wildman–Crippen MR) is 120 cm³/mol. The van der Waals surface area contributed by atoms with E-state index in [9.17, 15) is 8.42 Å². The number of rotatable bonds is 8. The van der Waals surface area contributed by atoms with E-state index in [1.807, 2.05) is 85.8 Å². The maximum absolute atomic E-state index is 13.6. The Morgan fingerprint density at radius 3 is 2.13 bits per heavy atom. The van der Waals surface area contributed by atoms with Crippen LogP contribution in [0.2, 0.25) is 0 Å². The van der Waals surface area contributed by atoms with Crippen LogP contribution < -0.4 is 0 Å². The number of likely N-dealkylation sites (N-methyl/N-ethyl adjacent to an activating group) is 1. The number of nitrogens with zero attached hydrogens (tertiary/aromatic N) is 3. The molecule has 2 aromatic heterocycles. The van der Waals surface area contributed by atoms with Gasteiger partial charge >= 0.3 is 0 Å². The zero-order chi connectivity index (χ0) is 21.7. The summed E-state index contributed by atoms with van der Waals surface area (Å²) in [4.78, 5) is 8.73. The molecule has 7 heteroatoms.